The number of carbonyl (C=O) groups is 4. The van der Waals surface area contributed by atoms with Crippen molar-refractivity contribution in [2.75, 3.05) is 0 Å². The molecule has 0 saturated heterocycles. The summed E-state index contributed by atoms with van der Waals surface area (Å²) < 4.78 is 0. The van der Waals surface area contributed by atoms with E-state index in [0.29, 0.717) is 10.5 Å². The lowest BCUT2D eigenvalue weighted by Crippen LogP contribution is -2.46. The van der Waals surface area contributed by atoms with E-state index in [1.165, 1.54) is 12.1 Å². The fraction of sp³-hybridized carbons (Fsp3) is 0.111. The van der Waals surface area contributed by atoms with Crippen LogP contribution in [0.3, 0.4) is 0 Å². The molecule has 1 aliphatic heterocycles. The molecule has 3 rings (SSSR count). The van der Waals surface area contributed by atoms with E-state index in [1.54, 1.807) is 42.5 Å². The van der Waals surface area contributed by atoms with Crippen LogP contribution in [0.4, 0.5) is 0 Å². The first-order chi connectivity index (χ1) is 11.5. The number of hydrogen-bond acceptors (Lipinski definition) is 4. The third-order valence-corrected chi connectivity index (χ3v) is 3.90. The Bertz CT molecular complexity index is 808. The number of carboxylic acids is 1. The molecule has 0 aromatic heterocycles. The lowest BCUT2D eigenvalue weighted by molar-refractivity contribution is -0.141. The number of hydrogen-bond donors (Lipinski definition) is 1. The summed E-state index contributed by atoms with van der Waals surface area (Å²) in [6, 6.07) is 12.8. The van der Waals surface area contributed by atoms with E-state index in [0.717, 1.165) is 0 Å². The SMILES string of the molecule is O=C(CC(C(=O)O)N1C(=O)c2ccccc2C1=O)c1ccccc1. The van der Waals surface area contributed by atoms with Crippen molar-refractivity contribution in [1.29, 1.82) is 0 Å². The van der Waals surface area contributed by atoms with Crippen LogP contribution in [0.2, 0.25) is 0 Å². The summed E-state index contributed by atoms with van der Waals surface area (Å²) in [7, 11) is 0. The van der Waals surface area contributed by atoms with Gasteiger partial charge >= 0.3 is 5.97 Å². The van der Waals surface area contributed by atoms with Crippen LogP contribution in [0, 0.1) is 0 Å². The van der Waals surface area contributed by atoms with E-state index in [9.17, 15) is 24.3 Å². The lowest BCUT2D eigenvalue weighted by atomic mass is 10.0. The first-order valence-corrected chi connectivity index (χ1v) is 7.28. The van der Waals surface area contributed by atoms with Crippen LogP contribution in [0.5, 0.6) is 0 Å². The first kappa shape index (κ1) is 15.6. The fourth-order valence-corrected chi connectivity index (χ4v) is 2.70. The smallest absolute Gasteiger partial charge is 0.327 e. The molecule has 0 saturated carbocycles. The topological polar surface area (TPSA) is 91.8 Å². The number of imide groups is 1. The summed E-state index contributed by atoms with van der Waals surface area (Å²) in [5, 5.41) is 9.45. The molecule has 0 spiro atoms. The summed E-state index contributed by atoms with van der Waals surface area (Å²) in [4.78, 5) is 49.4. The van der Waals surface area contributed by atoms with Crippen molar-refractivity contribution >= 4 is 23.6 Å². The molecule has 2 amide bonds. The Hall–Kier alpha value is -3.28. The fourth-order valence-electron chi connectivity index (χ4n) is 2.70. The van der Waals surface area contributed by atoms with Gasteiger partial charge in [0, 0.05) is 12.0 Å². The molecule has 1 unspecified atom stereocenters. The molecular weight excluding hydrogens is 310 g/mol. The lowest BCUT2D eigenvalue weighted by Gasteiger charge is -2.21. The molecule has 0 fully saturated rings. The van der Waals surface area contributed by atoms with Crippen LogP contribution in [-0.4, -0.2) is 39.6 Å². The Morgan fingerprint density at radius 1 is 0.875 bits per heavy atom. The molecule has 1 heterocycles. The molecule has 120 valence electrons. The molecule has 1 N–H and O–H groups in total. The van der Waals surface area contributed by atoms with E-state index >= 15 is 0 Å². The van der Waals surface area contributed by atoms with E-state index in [-0.39, 0.29) is 11.1 Å². The number of benzene rings is 2. The second-order valence-electron chi connectivity index (χ2n) is 5.37. The predicted molar refractivity (Wildman–Crippen MR) is 83.8 cm³/mol. The quantitative estimate of drug-likeness (QED) is 0.671. The molecular formula is C18H13NO5. The molecule has 0 radical (unpaired) electrons. The third-order valence-electron chi connectivity index (χ3n) is 3.90. The van der Waals surface area contributed by atoms with Gasteiger partial charge in [0.1, 0.15) is 6.04 Å². The van der Waals surface area contributed by atoms with Crippen molar-refractivity contribution in [3.8, 4) is 0 Å². The van der Waals surface area contributed by atoms with Gasteiger partial charge in [-0.3, -0.25) is 19.3 Å². The second-order valence-corrected chi connectivity index (χ2v) is 5.37. The number of fused-ring (bicyclic) bond motifs is 1. The minimum Gasteiger partial charge on any atom is -0.480 e. The molecule has 1 aliphatic rings. The molecule has 6 heteroatoms. The van der Waals surface area contributed by atoms with Crippen molar-refractivity contribution in [1.82, 2.24) is 4.90 Å². The third kappa shape index (κ3) is 2.58. The van der Waals surface area contributed by atoms with Crippen molar-refractivity contribution in [2.24, 2.45) is 0 Å². The molecule has 24 heavy (non-hydrogen) atoms. The maximum Gasteiger partial charge on any atom is 0.327 e. The van der Waals surface area contributed by atoms with E-state index in [1.807, 2.05) is 0 Å². The van der Waals surface area contributed by atoms with Gasteiger partial charge in [-0.2, -0.15) is 0 Å². The Morgan fingerprint density at radius 3 is 1.88 bits per heavy atom. The molecule has 0 aliphatic carbocycles. The Morgan fingerprint density at radius 2 is 1.38 bits per heavy atom. The normalized spacial score (nSPS) is 14.4. The molecule has 2 aromatic rings. The number of carbonyl (C=O) groups excluding carboxylic acids is 3. The highest BCUT2D eigenvalue weighted by molar-refractivity contribution is 6.23. The molecule has 1 atom stereocenters. The summed E-state index contributed by atoms with van der Waals surface area (Å²) in [6.07, 6.45) is -0.467. The number of nitrogens with zero attached hydrogens (tertiary/aromatic N) is 1. The maximum atomic E-state index is 12.4. The van der Waals surface area contributed by atoms with Crippen LogP contribution < -0.4 is 0 Å². The number of ketones is 1. The highest BCUT2D eigenvalue weighted by Gasteiger charge is 2.43. The van der Waals surface area contributed by atoms with Gasteiger partial charge in [-0.1, -0.05) is 42.5 Å². The average Bonchev–Trinajstić information content (AvgIpc) is 2.85. The van der Waals surface area contributed by atoms with Crippen LogP contribution in [-0.2, 0) is 4.79 Å². The van der Waals surface area contributed by atoms with Crippen molar-refractivity contribution in [3.63, 3.8) is 0 Å². The maximum absolute atomic E-state index is 12.4. The van der Waals surface area contributed by atoms with Gasteiger partial charge in [0.2, 0.25) is 0 Å². The molecule has 2 aromatic carbocycles. The minimum absolute atomic E-state index is 0.154. The number of carboxylic acid groups (broad SMARTS) is 1. The monoisotopic (exact) mass is 323 g/mol. The zero-order chi connectivity index (χ0) is 17.3. The summed E-state index contributed by atoms with van der Waals surface area (Å²) in [6.45, 7) is 0. The van der Waals surface area contributed by atoms with Crippen molar-refractivity contribution in [3.05, 3.63) is 71.3 Å². The van der Waals surface area contributed by atoms with E-state index < -0.39 is 36.0 Å². The zero-order valence-corrected chi connectivity index (χ0v) is 12.5. The predicted octanol–water partition coefficient (Wildman–Crippen LogP) is 2.01. The number of amides is 2. The Kier molecular flexibility index (Phi) is 3.95. The largest absolute Gasteiger partial charge is 0.480 e. The Balaban J connectivity index is 1.90. The van der Waals surface area contributed by atoms with Crippen LogP contribution in [0.1, 0.15) is 37.5 Å². The first-order valence-electron chi connectivity index (χ1n) is 7.28. The van der Waals surface area contributed by atoms with Gasteiger partial charge in [-0.25, -0.2) is 4.79 Å². The zero-order valence-electron chi connectivity index (χ0n) is 12.5. The van der Waals surface area contributed by atoms with Gasteiger partial charge in [0.25, 0.3) is 11.8 Å². The Labute approximate surface area is 137 Å². The van der Waals surface area contributed by atoms with Gasteiger partial charge < -0.3 is 5.11 Å². The van der Waals surface area contributed by atoms with Gasteiger partial charge in [0.05, 0.1) is 11.1 Å². The van der Waals surface area contributed by atoms with Crippen LogP contribution in [0.15, 0.2) is 54.6 Å². The summed E-state index contributed by atoms with van der Waals surface area (Å²) in [5.74, 6) is -3.22. The number of Topliss-reactive ketones (excluding diaryl/α,β-unsaturated/α-hetero) is 1. The van der Waals surface area contributed by atoms with Crippen LogP contribution in [0.25, 0.3) is 0 Å². The van der Waals surface area contributed by atoms with E-state index in [4.69, 9.17) is 0 Å². The van der Waals surface area contributed by atoms with Crippen molar-refractivity contribution < 1.29 is 24.3 Å². The average molecular weight is 323 g/mol. The molecule has 0 bridgehead atoms. The second kappa shape index (κ2) is 6.08. The van der Waals surface area contributed by atoms with E-state index in [2.05, 4.69) is 0 Å². The highest BCUT2D eigenvalue weighted by Crippen LogP contribution is 2.26. The van der Waals surface area contributed by atoms with Gasteiger partial charge in [-0.05, 0) is 12.1 Å². The van der Waals surface area contributed by atoms with Gasteiger partial charge in [0.15, 0.2) is 5.78 Å². The van der Waals surface area contributed by atoms with Crippen molar-refractivity contribution in [2.45, 2.75) is 12.5 Å². The number of rotatable bonds is 5. The highest BCUT2D eigenvalue weighted by atomic mass is 16.4. The standard InChI is InChI=1S/C18H13NO5/c20-15(11-6-2-1-3-7-11)10-14(18(23)24)19-16(21)12-8-4-5-9-13(12)17(19)22/h1-9,14H,10H2,(H,23,24). The van der Waals surface area contributed by atoms with Crippen LogP contribution >= 0.6 is 0 Å². The summed E-state index contributed by atoms with van der Waals surface area (Å²) in [5.41, 5.74) is 0.641. The van der Waals surface area contributed by atoms with Gasteiger partial charge in [-0.15, -0.1) is 0 Å². The number of aliphatic carboxylic acids is 1. The summed E-state index contributed by atoms with van der Waals surface area (Å²) >= 11 is 0. The molecule has 6 nitrogen and oxygen atoms in total. The minimum atomic E-state index is -1.54.